The summed E-state index contributed by atoms with van der Waals surface area (Å²) < 4.78 is 12.1. The fourth-order valence-corrected chi connectivity index (χ4v) is 3.96. The highest BCUT2D eigenvalue weighted by Crippen LogP contribution is 2.39. The van der Waals surface area contributed by atoms with Crippen LogP contribution in [0.5, 0.6) is 17.4 Å². The SMILES string of the molecule is O=C(CNC(=O)c1ccc2c(c1)OCO2)N=Nc1c(O)n(Cc2ccccc2Cl)c2ccccc12. The highest BCUT2D eigenvalue weighted by atomic mass is 35.5. The summed E-state index contributed by atoms with van der Waals surface area (Å²) in [5, 5.41) is 22.3. The van der Waals surface area contributed by atoms with Gasteiger partial charge in [-0.3, -0.25) is 9.59 Å². The Kier molecular flexibility index (Phi) is 6.07. The molecule has 2 heterocycles. The zero-order valence-electron chi connectivity index (χ0n) is 18.3. The maximum Gasteiger partial charge on any atom is 0.283 e. The lowest BCUT2D eigenvalue weighted by molar-refractivity contribution is -0.117. The summed E-state index contributed by atoms with van der Waals surface area (Å²) in [6.45, 7) is 0.0395. The third kappa shape index (κ3) is 4.53. The summed E-state index contributed by atoms with van der Waals surface area (Å²) in [4.78, 5) is 24.7. The van der Waals surface area contributed by atoms with Crippen LogP contribution in [-0.2, 0) is 11.3 Å². The fourth-order valence-electron chi connectivity index (χ4n) is 3.76. The largest absolute Gasteiger partial charge is 0.493 e. The third-order valence-electron chi connectivity index (χ3n) is 5.50. The van der Waals surface area contributed by atoms with Gasteiger partial charge in [0.15, 0.2) is 17.2 Å². The van der Waals surface area contributed by atoms with Crippen molar-refractivity contribution in [2.75, 3.05) is 13.3 Å². The summed E-state index contributed by atoms with van der Waals surface area (Å²) in [6.07, 6.45) is 0. The van der Waals surface area contributed by atoms with Crippen molar-refractivity contribution in [3.8, 4) is 17.4 Å². The Bertz CT molecular complexity index is 1480. The van der Waals surface area contributed by atoms with Crippen LogP contribution in [0, 0.1) is 0 Å². The first-order valence-electron chi connectivity index (χ1n) is 10.7. The Morgan fingerprint density at radius 3 is 2.66 bits per heavy atom. The van der Waals surface area contributed by atoms with E-state index in [4.69, 9.17) is 21.1 Å². The molecule has 5 rings (SSSR count). The van der Waals surface area contributed by atoms with E-state index in [1.54, 1.807) is 34.9 Å². The molecule has 0 spiro atoms. The number of para-hydroxylation sites is 1. The lowest BCUT2D eigenvalue weighted by Crippen LogP contribution is -2.28. The van der Waals surface area contributed by atoms with Crippen LogP contribution in [-0.4, -0.2) is 34.8 Å². The first-order chi connectivity index (χ1) is 17.0. The molecule has 0 saturated heterocycles. The maximum atomic E-state index is 12.4. The van der Waals surface area contributed by atoms with Gasteiger partial charge in [-0.25, -0.2) is 0 Å². The van der Waals surface area contributed by atoms with Crippen LogP contribution in [0.2, 0.25) is 5.02 Å². The van der Waals surface area contributed by atoms with E-state index in [1.807, 2.05) is 30.3 Å². The fraction of sp³-hybridized carbons (Fsp3) is 0.120. The highest BCUT2D eigenvalue weighted by molar-refractivity contribution is 6.31. The van der Waals surface area contributed by atoms with Gasteiger partial charge in [-0.05, 0) is 35.9 Å². The molecule has 2 N–H and O–H groups in total. The molecule has 4 aromatic rings. The predicted octanol–water partition coefficient (Wildman–Crippen LogP) is 4.82. The van der Waals surface area contributed by atoms with Gasteiger partial charge in [0, 0.05) is 16.0 Å². The zero-order valence-corrected chi connectivity index (χ0v) is 19.0. The van der Waals surface area contributed by atoms with Gasteiger partial charge in [0.25, 0.3) is 11.8 Å². The molecule has 3 aromatic carbocycles. The second kappa shape index (κ2) is 9.47. The minimum Gasteiger partial charge on any atom is -0.493 e. The van der Waals surface area contributed by atoms with Crippen LogP contribution in [0.15, 0.2) is 77.0 Å². The summed E-state index contributed by atoms with van der Waals surface area (Å²) in [6, 6.07) is 19.3. The molecule has 9 nitrogen and oxygen atoms in total. The smallest absolute Gasteiger partial charge is 0.283 e. The molecule has 0 unspecified atom stereocenters. The number of benzene rings is 3. The van der Waals surface area contributed by atoms with Crippen molar-refractivity contribution in [3.05, 3.63) is 82.9 Å². The minimum atomic E-state index is -0.679. The Morgan fingerprint density at radius 2 is 1.80 bits per heavy atom. The van der Waals surface area contributed by atoms with Crippen molar-refractivity contribution in [2.45, 2.75) is 6.54 Å². The molecule has 0 bridgehead atoms. The zero-order chi connectivity index (χ0) is 24.4. The Labute approximate surface area is 204 Å². The monoisotopic (exact) mass is 490 g/mol. The van der Waals surface area contributed by atoms with Gasteiger partial charge in [-0.15, -0.1) is 10.2 Å². The number of halogens is 1. The van der Waals surface area contributed by atoms with E-state index in [0.29, 0.717) is 39.5 Å². The molecule has 0 atom stereocenters. The number of carbonyl (C=O) groups is 2. The Balaban J connectivity index is 1.31. The summed E-state index contributed by atoms with van der Waals surface area (Å²) >= 11 is 6.29. The van der Waals surface area contributed by atoms with Gasteiger partial charge in [-0.1, -0.05) is 48.0 Å². The van der Waals surface area contributed by atoms with Crippen molar-refractivity contribution in [3.63, 3.8) is 0 Å². The normalized spacial score (nSPS) is 12.4. The molecule has 0 saturated carbocycles. The molecule has 1 aliphatic rings. The van der Waals surface area contributed by atoms with E-state index >= 15 is 0 Å². The van der Waals surface area contributed by atoms with Crippen molar-refractivity contribution in [1.82, 2.24) is 9.88 Å². The average Bonchev–Trinajstić information content (AvgIpc) is 3.44. The van der Waals surface area contributed by atoms with E-state index in [9.17, 15) is 14.7 Å². The molecule has 2 amide bonds. The number of rotatable bonds is 6. The number of amides is 2. The number of nitrogens with zero attached hydrogens (tertiary/aromatic N) is 3. The van der Waals surface area contributed by atoms with Crippen LogP contribution in [0.25, 0.3) is 10.9 Å². The Morgan fingerprint density at radius 1 is 1.03 bits per heavy atom. The average molecular weight is 491 g/mol. The van der Waals surface area contributed by atoms with Gasteiger partial charge in [-0.2, -0.15) is 0 Å². The molecule has 10 heteroatoms. The molecule has 0 fully saturated rings. The first-order valence-corrected chi connectivity index (χ1v) is 11.0. The van der Waals surface area contributed by atoms with Crippen molar-refractivity contribution < 1.29 is 24.2 Å². The van der Waals surface area contributed by atoms with Gasteiger partial charge < -0.3 is 24.5 Å². The maximum absolute atomic E-state index is 12.4. The Hall–Kier alpha value is -4.37. The number of ether oxygens (including phenoxy) is 2. The summed E-state index contributed by atoms with van der Waals surface area (Å²) in [5.74, 6) is -0.271. The lowest BCUT2D eigenvalue weighted by atomic mass is 10.2. The minimum absolute atomic E-state index is 0.0981. The van der Waals surface area contributed by atoms with Gasteiger partial charge in [0.05, 0.1) is 12.1 Å². The van der Waals surface area contributed by atoms with E-state index < -0.39 is 11.8 Å². The highest BCUT2D eigenvalue weighted by Gasteiger charge is 2.19. The number of fused-ring (bicyclic) bond motifs is 2. The number of carbonyl (C=O) groups excluding carboxylic acids is 2. The topological polar surface area (TPSA) is 115 Å². The number of hydrogen-bond donors (Lipinski definition) is 2. The number of aromatic hydroxyl groups is 1. The number of azo groups is 1. The van der Waals surface area contributed by atoms with E-state index in [1.165, 1.54) is 6.07 Å². The molecule has 0 aliphatic carbocycles. The quantitative estimate of drug-likeness (QED) is 0.376. The van der Waals surface area contributed by atoms with Gasteiger partial charge in [0.1, 0.15) is 6.54 Å². The molecule has 176 valence electrons. The van der Waals surface area contributed by atoms with Crippen LogP contribution in [0.4, 0.5) is 5.69 Å². The van der Waals surface area contributed by atoms with Crippen LogP contribution < -0.4 is 14.8 Å². The van der Waals surface area contributed by atoms with Crippen LogP contribution in [0.1, 0.15) is 15.9 Å². The number of nitrogens with one attached hydrogen (secondary N) is 1. The van der Waals surface area contributed by atoms with Crippen molar-refractivity contribution in [2.24, 2.45) is 10.2 Å². The molecular formula is C25H19ClN4O5. The predicted molar refractivity (Wildman–Crippen MR) is 129 cm³/mol. The summed E-state index contributed by atoms with van der Waals surface area (Å²) in [5.41, 5.74) is 2.00. The second-order valence-corrected chi connectivity index (χ2v) is 8.12. The molecule has 1 aliphatic heterocycles. The van der Waals surface area contributed by atoms with E-state index in [2.05, 4.69) is 15.5 Å². The molecule has 1 aromatic heterocycles. The van der Waals surface area contributed by atoms with E-state index in [0.717, 1.165) is 5.56 Å². The standard InChI is InChI=1S/C25H19ClN4O5/c26-18-7-3-1-5-16(18)13-30-19-8-4-2-6-17(19)23(25(30)33)29-28-22(31)12-27-24(32)15-9-10-20-21(11-15)35-14-34-20/h1-11,33H,12-14H2,(H,27,32). The molecule has 0 radical (unpaired) electrons. The molecule has 35 heavy (non-hydrogen) atoms. The number of hydrogen-bond acceptors (Lipinski definition) is 6. The second-order valence-electron chi connectivity index (χ2n) is 7.71. The van der Waals surface area contributed by atoms with Gasteiger partial charge >= 0.3 is 0 Å². The van der Waals surface area contributed by atoms with Crippen molar-refractivity contribution >= 4 is 40.0 Å². The van der Waals surface area contributed by atoms with Crippen LogP contribution in [0.3, 0.4) is 0 Å². The lowest BCUT2D eigenvalue weighted by Gasteiger charge is -2.08. The van der Waals surface area contributed by atoms with Crippen LogP contribution >= 0.6 is 11.6 Å². The van der Waals surface area contributed by atoms with Gasteiger partial charge in [0.2, 0.25) is 12.7 Å². The number of aromatic nitrogens is 1. The van der Waals surface area contributed by atoms with E-state index in [-0.39, 0.29) is 24.9 Å². The molecular weight excluding hydrogens is 472 g/mol. The first kappa shape index (κ1) is 22.4. The van der Waals surface area contributed by atoms with Crippen molar-refractivity contribution in [1.29, 1.82) is 0 Å². The third-order valence-corrected chi connectivity index (χ3v) is 5.87. The summed E-state index contributed by atoms with van der Waals surface area (Å²) in [7, 11) is 0.